The SMILES string of the molecule is COC(C(=O)NNC(=O)c1ccc([N+](=O)[O-])cc1)c1ccccc1. The highest BCUT2D eigenvalue weighted by molar-refractivity contribution is 5.96. The van der Waals surface area contributed by atoms with Gasteiger partial charge < -0.3 is 4.74 Å². The third-order valence-corrected chi connectivity index (χ3v) is 3.22. The molecule has 2 amide bonds. The maximum Gasteiger partial charge on any atom is 0.272 e. The second-order valence-electron chi connectivity index (χ2n) is 4.77. The fourth-order valence-electron chi connectivity index (χ4n) is 2.01. The maximum atomic E-state index is 12.1. The average molecular weight is 329 g/mol. The van der Waals surface area contributed by atoms with E-state index in [0.29, 0.717) is 5.56 Å². The lowest BCUT2D eigenvalue weighted by atomic mass is 10.1. The molecule has 8 heteroatoms. The number of hydrogen-bond acceptors (Lipinski definition) is 5. The molecule has 2 N–H and O–H groups in total. The summed E-state index contributed by atoms with van der Waals surface area (Å²) in [5, 5.41) is 10.6. The first-order valence-corrected chi connectivity index (χ1v) is 6.95. The number of non-ortho nitro benzene ring substituents is 1. The van der Waals surface area contributed by atoms with Gasteiger partial charge in [0, 0.05) is 24.8 Å². The van der Waals surface area contributed by atoms with E-state index in [4.69, 9.17) is 4.74 Å². The molecule has 2 aromatic carbocycles. The predicted molar refractivity (Wildman–Crippen MR) is 84.9 cm³/mol. The van der Waals surface area contributed by atoms with Crippen LogP contribution in [0.25, 0.3) is 0 Å². The third-order valence-electron chi connectivity index (χ3n) is 3.22. The molecule has 0 saturated carbocycles. The van der Waals surface area contributed by atoms with Crippen molar-refractivity contribution in [3.05, 3.63) is 75.8 Å². The normalized spacial score (nSPS) is 11.4. The van der Waals surface area contributed by atoms with E-state index < -0.39 is 22.8 Å². The standard InChI is InChI=1S/C16H15N3O5/c1-24-14(11-5-3-2-4-6-11)16(21)18-17-15(20)12-7-9-13(10-8-12)19(22)23/h2-10,14H,1H3,(H,17,20)(H,18,21). The second-order valence-corrected chi connectivity index (χ2v) is 4.77. The zero-order valence-corrected chi connectivity index (χ0v) is 12.8. The van der Waals surface area contributed by atoms with Crippen LogP contribution >= 0.6 is 0 Å². The van der Waals surface area contributed by atoms with Crippen molar-refractivity contribution in [2.24, 2.45) is 0 Å². The van der Waals surface area contributed by atoms with Gasteiger partial charge in [-0.3, -0.25) is 30.6 Å². The van der Waals surface area contributed by atoms with Crippen molar-refractivity contribution < 1.29 is 19.2 Å². The monoisotopic (exact) mass is 329 g/mol. The van der Waals surface area contributed by atoms with Crippen molar-refractivity contribution in [2.45, 2.75) is 6.10 Å². The molecule has 1 atom stereocenters. The largest absolute Gasteiger partial charge is 0.367 e. The van der Waals surface area contributed by atoms with Crippen molar-refractivity contribution in [1.29, 1.82) is 0 Å². The van der Waals surface area contributed by atoms with Crippen LogP contribution in [-0.4, -0.2) is 23.8 Å². The van der Waals surface area contributed by atoms with Gasteiger partial charge in [-0.2, -0.15) is 0 Å². The molecule has 8 nitrogen and oxygen atoms in total. The molecule has 0 saturated heterocycles. The van der Waals surface area contributed by atoms with Crippen LogP contribution in [0.5, 0.6) is 0 Å². The third kappa shape index (κ3) is 4.14. The summed E-state index contributed by atoms with van der Waals surface area (Å²) >= 11 is 0. The summed E-state index contributed by atoms with van der Waals surface area (Å²) in [6, 6.07) is 13.8. The van der Waals surface area contributed by atoms with Crippen LogP contribution in [-0.2, 0) is 9.53 Å². The number of ether oxygens (including phenoxy) is 1. The summed E-state index contributed by atoms with van der Waals surface area (Å²) in [7, 11) is 1.38. The van der Waals surface area contributed by atoms with Crippen molar-refractivity contribution in [3.8, 4) is 0 Å². The molecule has 24 heavy (non-hydrogen) atoms. The summed E-state index contributed by atoms with van der Waals surface area (Å²) < 4.78 is 5.14. The van der Waals surface area contributed by atoms with Crippen LogP contribution in [0.3, 0.4) is 0 Å². The molecule has 2 aromatic rings. The van der Waals surface area contributed by atoms with Gasteiger partial charge in [0.25, 0.3) is 17.5 Å². The smallest absolute Gasteiger partial charge is 0.272 e. The highest BCUT2D eigenvalue weighted by atomic mass is 16.6. The summed E-state index contributed by atoms with van der Waals surface area (Å²) in [5.41, 5.74) is 5.20. The first-order valence-electron chi connectivity index (χ1n) is 6.95. The first-order chi connectivity index (χ1) is 11.5. The Labute approximate surface area is 137 Å². The highest BCUT2D eigenvalue weighted by Gasteiger charge is 2.20. The number of hydrazine groups is 1. The van der Waals surface area contributed by atoms with Crippen molar-refractivity contribution in [1.82, 2.24) is 10.9 Å². The van der Waals surface area contributed by atoms with E-state index in [9.17, 15) is 19.7 Å². The molecule has 0 bridgehead atoms. The Balaban J connectivity index is 1.97. The van der Waals surface area contributed by atoms with E-state index in [1.807, 2.05) is 6.07 Å². The van der Waals surface area contributed by atoms with Gasteiger partial charge in [0.2, 0.25) is 0 Å². The van der Waals surface area contributed by atoms with Crippen molar-refractivity contribution in [2.75, 3.05) is 7.11 Å². The Hall–Kier alpha value is -3.26. The lowest BCUT2D eigenvalue weighted by Crippen LogP contribution is -2.44. The van der Waals surface area contributed by atoms with Gasteiger partial charge in [0.05, 0.1) is 4.92 Å². The Bertz CT molecular complexity index is 731. The van der Waals surface area contributed by atoms with E-state index >= 15 is 0 Å². The van der Waals surface area contributed by atoms with E-state index in [1.54, 1.807) is 24.3 Å². The quantitative estimate of drug-likeness (QED) is 0.641. The Morgan fingerprint density at radius 2 is 1.67 bits per heavy atom. The van der Waals surface area contributed by atoms with Crippen LogP contribution in [0.2, 0.25) is 0 Å². The lowest BCUT2D eigenvalue weighted by Gasteiger charge is -2.16. The molecule has 0 aliphatic carbocycles. The van der Waals surface area contributed by atoms with Crippen LogP contribution in [0, 0.1) is 10.1 Å². The minimum absolute atomic E-state index is 0.126. The molecular formula is C16H15N3O5. The zero-order valence-electron chi connectivity index (χ0n) is 12.8. The number of carbonyl (C=O) groups is 2. The van der Waals surface area contributed by atoms with E-state index in [-0.39, 0.29) is 11.3 Å². The van der Waals surface area contributed by atoms with Crippen LogP contribution in [0.1, 0.15) is 22.0 Å². The summed E-state index contributed by atoms with van der Waals surface area (Å²) in [6.45, 7) is 0. The number of nitro benzene ring substituents is 1. The van der Waals surface area contributed by atoms with Gasteiger partial charge in [0.1, 0.15) is 0 Å². The van der Waals surface area contributed by atoms with Gasteiger partial charge in [0.15, 0.2) is 6.10 Å². The summed E-state index contributed by atoms with van der Waals surface area (Å²) in [4.78, 5) is 34.1. The Morgan fingerprint density at radius 1 is 1.04 bits per heavy atom. The lowest BCUT2D eigenvalue weighted by molar-refractivity contribution is -0.384. The number of amides is 2. The molecule has 1 unspecified atom stereocenters. The van der Waals surface area contributed by atoms with Gasteiger partial charge in [-0.25, -0.2) is 0 Å². The van der Waals surface area contributed by atoms with Crippen molar-refractivity contribution in [3.63, 3.8) is 0 Å². The molecule has 0 aliphatic heterocycles. The average Bonchev–Trinajstić information content (AvgIpc) is 2.61. The number of nitro groups is 1. The van der Waals surface area contributed by atoms with Crippen LogP contribution in [0.15, 0.2) is 54.6 Å². The summed E-state index contributed by atoms with van der Waals surface area (Å²) in [6.07, 6.45) is -0.872. The number of benzene rings is 2. The van der Waals surface area contributed by atoms with Crippen LogP contribution < -0.4 is 10.9 Å². The minimum Gasteiger partial charge on any atom is -0.367 e. The summed E-state index contributed by atoms with van der Waals surface area (Å²) in [5.74, 6) is -1.14. The molecular weight excluding hydrogens is 314 g/mol. The number of carbonyl (C=O) groups excluding carboxylic acids is 2. The number of methoxy groups -OCH3 is 1. The maximum absolute atomic E-state index is 12.1. The molecule has 0 fully saturated rings. The fraction of sp³-hybridized carbons (Fsp3) is 0.125. The van der Waals surface area contributed by atoms with Crippen molar-refractivity contribution >= 4 is 17.5 Å². The van der Waals surface area contributed by atoms with E-state index in [0.717, 1.165) is 0 Å². The van der Waals surface area contributed by atoms with Gasteiger partial charge >= 0.3 is 0 Å². The topological polar surface area (TPSA) is 111 Å². The Morgan fingerprint density at radius 3 is 2.21 bits per heavy atom. The van der Waals surface area contributed by atoms with Gasteiger partial charge in [-0.05, 0) is 17.7 Å². The second kappa shape index (κ2) is 7.84. The Kier molecular flexibility index (Phi) is 5.58. The van der Waals surface area contributed by atoms with Gasteiger partial charge in [-0.15, -0.1) is 0 Å². The highest BCUT2D eigenvalue weighted by Crippen LogP contribution is 2.16. The first kappa shape index (κ1) is 17.1. The molecule has 2 rings (SSSR count). The number of hydrogen-bond donors (Lipinski definition) is 2. The molecule has 0 aliphatic rings. The number of nitrogens with one attached hydrogen (secondary N) is 2. The number of nitrogens with zero attached hydrogens (tertiary/aromatic N) is 1. The zero-order chi connectivity index (χ0) is 17.5. The predicted octanol–water partition coefficient (Wildman–Crippen LogP) is 1.74. The fourth-order valence-corrected chi connectivity index (χ4v) is 2.01. The number of rotatable bonds is 5. The molecule has 0 aromatic heterocycles. The van der Waals surface area contributed by atoms with Gasteiger partial charge in [-0.1, -0.05) is 30.3 Å². The van der Waals surface area contributed by atoms with E-state index in [1.165, 1.54) is 31.4 Å². The molecule has 0 heterocycles. The molecule has 124 valence electrons. The van der Waals surface area contributed by atoms with E-state index in [2.05, 4.69) is 10.9 Å². The molecule has 0 spiro atoms. The van der Waals surface area contributed by atoms with Crippen LogP contribution in [0.4, 0.5) is 5.69 Å². The molecule has 0 radical (unpaired) electrons. The minimum atomic E-state index is -0.872.